The zero-order valence-corrected chi connectivity index (χ0v) is 49.0. The molecule has 4 aliphatic heterocycles. The minimum atomic E-state index is -0.107. The normalized spacial score (nSPS) is 14.1. The number of rotatable bonds is 3. The molecular formula is C36H52BrN8O2W6-3. The van der Waals surface area contributed by atoms with E-state index >= 15 is 0 Å². The summed E-state index contributed by atoms with van der Waals surface area (Å²) in [6.07, 6.45) is 14.5. The van der Waals surface area contributed by atoms with Crippen molar-refractivity contribution in [2.75, 3.05) is 61.6 Å². The average Bonchev–Trinajstić information content (AvgIpc) is 3.67. The second-order valence-electron chi connectivity index (χ2n) is 11.6. The monoisotopic (exact) mass is 1810 g/mol. The van der Waals surface area contributed by atoms with Gasteiger partial charge in [-0.1, -0.05) is 7.43 Å². The van der Waals surface area contributed by atoms with Crippen LogP contribution < -0.4 is 25.3 Å². The largest absolute Gasteiger partial charge is 0.524 e. The van der Waals surface area contributed by atoms with E-state index in [1.807, 2.05) is 40.2 Å². The van der Waals surface area contributed by atoms with E-state index in [4.69, 9.17) is 4.74 Å². The Kier molecular flexibility index (Phi) is 37.4. The second-order valence-corrected chi connectivity index (χ2v) is 12.6. The van der Waals surface area contributed by atoms with Crippen molar-refractivity contribution < 1.29 is 136 Å². The van der Waals surface area contributed by atoms with E-state index < -0.39 is 0 Å². The number of nitrogens with zero attached hydrogens (tertiary/aromatic N) is 6. The molecule has 7 heterocycles. The smallest absolute Gasteiger partial charge is 0.252 e. The molecule has 1 saturated heterocycles. The number of aryl methyl sites for hydroxylation is 3. The molecule has 0 saturated carbocycles. The Labute approximate surface area is 413 Å². The van der Waals surface area contributed by atoms with Gasteiger partial charge in [-0.15, -0.1) is 0 Å². The van der Waals surface area contributed by atoms with Gasteiger partial charge in [-0.3, -0.25) is 40.9 Å². The molecule has 294 valence electrons. The van der Waals surface area contributed by atoms with Crippen LogP contribution in [-0.2, 0) is 157 Å². The number of nitrogens with one attached hydrogen (secondary N) is 2. The van der Waals surface area contributed by atoms with E-state index in [0.717, 1.165) is 99.5 Å². The molecule has 3 aromatic rings. The predicted octanol–water partition coefficient (Wildman–Crippen LogP) is 6.14. The summed E-state index contributed by atoms with van der Waals surface area (Å²) < 4.78 is 5.97. The van der Waals surface area contributed by atoms with Gasteiger partial charge in [-0.2, -0.15) is 0 Å². The number of carbonyl (C=O) groups excluding carboxylic acids is 1. The molecule has 1 fully saturated rings. The summed E-state index contributed by atoms with van der Waals surface area (Å²) in [5.41, 5.74) is 8.53. The van der Waals surface area contributed by atoms with Crippen molar-refractivity contribution in [1.29, 1.82) is 0 Å². The zero-order valence-electron chi connectivity index (χ0n) is 29.8. The first-order valence-electron chi connectivity index (χ1n) is 16.1. The summed E-state index contributed by atoms with van der Waals surface area (Å²) in [6, 6.07) is 6.12. The Balaban J connectivity index is -0.000000301. The van der Waals surface area contributed by atoms with Crippen LogP contribution in [0.3, 0.4) is 0 Å². The van der Waals surface area contributed by atoms with Crippen molar-refractivity contribution in [2.45, 2.75) is 65.3 Å². The zero-order chi connectivity index (χ0) is 32.9. The molecule has 0 bridgehead atoms. The summed E-state index contributed by atoms with van der Waals surface area (Å²) >= 11 is 3.40. The number of hydrogen-bond acceptors (Lipinski definition) is 9. The van der Waals surface area contributed by atoms with Crippen molar-refractivity contribution >= 4 is 38.9 Å². The third-order valence-electron chi connectivity index (χ3n) is 8.11. The molecule has 0 aromatic carbocycles. The number of hydrogen-bond donors (Lipinski definition) is 2. The molecule has 0 aliphatic carbocycles. The van der Waals surface area contributed by atoms with Crippen molar-refractivity contribution in [2.24, 2.45) is 0 Å². The molecule has 2 N–H and O–H groups in total. The van der Waals surface area contributed by atoms with E-state index in [0.29, 0.717) is 5.56 Å². The first-order chi connectivity index (χ1) is 22.3. The maximum atomic E-state index is 11.4. The third-order valence-corrected chi connectivity index (χ3v) is 8.54. The molecule has 0 radical (unpaired) electrons. The Morgan fingerprint density at radius 3 is 1.57 bits per heavy atom. The Morgan fingerprint density at radius 1 is 0.698 bits per heavy atom. The van der Waals surface area contributed by atoms with Crippen LogP contribution >= 0.6 is 15.9 Å². The Hall–Kier alpha value is 0.850. The molecule has 17 heteroatoms. The molecule has 7 rings (SSSR count). The number of amides is 1. The van der Waals surface area contributed by atoms with Crippen LogP contribution in [0, 0.1) is 21.1 Å². The van der Waals surface area contributed by atoms with Gasteiger partial charge < -0.3 is 30.1 Å². The van der Waals surface area contributed by atoms with Crippen molar-refractivity contribution in [3.8, 4) is 0 Å². The summed E-state index contributed by atoms with van der Waals surface area (Å²) in [4.78, 5) is 30.5. The first kappa shape index (κ1) is 60.5. The van der Waals surface area contributed by atoms with Crippen LogP contribution in [-0.4, -0.2) is 67.8 Å². The summed E-state index contributed by atoms with van der Waals surface area (Å²) in [5, 5.41) is 5.71. The van der Waals surface area contributed by atoms with Gasteiger partial charge >= 0.3 is 0 Å². The van der Waals surface area contributed by atoms with Crippen LogP contribution in [0.1, 0.15) is 72.5 Å². The maximum absolute atomic E-state index is 11.4. The Morgan fingerprint density at radius 2 is 1.13 bits per heavy atom. The van der Waals surface area contributed by atoms with Crippen LogP contribution in [0.15, 0.2) is 41.3 Å². The summed E-state index contributed by atoms with van der Waals surface area (Å²) in [7, 11) is 15.5. The van der Waals surface area contributed by atoms with E-state index in [-0.39, 0.29) is 140 Å². The topological polar surface area (TPSA) is 98.8 Å². The first-order valence-corrected chi connectivity index (χ1v) is 16.9. The molecule has 10 nitrogen and oxygen atoms in total. The van der Waals surface area contributed by atoms with E-state index in [2.05, 4.69) is 74.8 Å². The van der Waals surface area contributed by atoms with E-state index in [1.165, 1.54) is 35.5 Å². The van der Waals surface area contributed by atoms with Gasteiger partial charge in [0.1, 0.15) is 0 Å². The molecule has 0 unspecified atom stereocenters. The van der Waals surface area contributed by atoms with Gasteiger partial charge in [0.05, 0.1) is 22.6 Å². The quantitative estimate of drug-likeness (QED) is 0.300. The molecule has 4 aliphatic rings. The van der Waals surface area contributed by atoms with Crippen molar-refractivity contribution in [1.82, 2.24) is 25.6 Å². The van der Waals surface area contributed by atoms with E-state index in [9.17, 15) is 4.79 Å². The summed E-state index contributed by atoms with van der Waals surface area (Å²) in [5.74, 6) is -0.107. The van der Waals surface area contributed by atoms with Crippen LogP contribution in [0.5, 0.6) is 0 Å². The molecule has 1 amide bonds. The maximum Gasteiger partial charge on any atom is 0.252 e. The Bertz CT molecular complexity index is 1440. The fourth-order valence-electron chi connectivity index (χ4n) is 5.61. The third kappa shape index (κ3) is 19.4. The molecule has 0 spiro atoms. The summed E-state index contributed by atoms with van der Waals surface area (Å²) in [6.45, 7) is 5.86. The predicted molar refractivity (Wildman–Crippen MR) is 196 cm³/mol. The molecule has 53 heavy (non-hydrogen) atoms. The van der Waals surface area contributed by atoms with Crippen LogP contribution in [0.25, 0.3) is 0 Å². The minimum Gasteiger partial charge on any atom is -0.524 e. The van der Waals surface area contributed by atoms with Crippen molar-refractivity contribution in [3.05, 3.63) is 90.6 Å². The SMILES string of the molecule is C.C1CCOC1.[CH2-]N1CCCc2ncc(Br)cc21.[CH2-]N1CCCc2ncc(C(=O)NC)cc21.[CH2-]N1CCCc2ncc(CNC)cc21.[W].[W].[W].[W].[W].[W]. The van der Waals surface area contributed by atoms with Gasteiger partial charge in [-0.05, 0) is 118 Å². The van der Waals surface area contributed by atoms with Gasteiger partial charge in [0.15, 0.2) is 0 Å². The number of anilines is 3. The number of halogens is 1. The number of ether oxygens (including phenoxy) is 1. The van der Waals surface area contributed by atoms with Gasteiger partial charge in [-0.25, -0.2) is 0 Å². The fourth-order valence-corrected chi connectivity index (χ4v) is 5.93. The standard InChI is InChI=1S/C11H14N3O.C11H16N3.C9H10BrN2.C4H8O.CH4.6W/c1-12-11(15)8-6-10-9(13-7-8)4-3-5-14(10)2;1-12-7-9-6-11-10(13-8-9)4-3-5-14(11)2;1-12-4-2-3-8-9(12)5-7(10)6-11-8;1-2-4-5-3-1;;;;;;;/h6-7H,2-5H2,1H3,(H,12,15);6,8,12H,2-5,7H2,1H3;5-6H,1-4H2;1-4H2;1H4;;;;;;/q3*-1;;;;;;;;. The van der Waals surface area contributed by atoms with Crippen LogP contribution in [0.4, 0.5) is 17.1 Å². The second kappa shape index (κ2) is 32.8. The number of aromatic nitrogens is 3. The molecule has 0 atom stereocenters. The van der Waals surface area contributed by atoms with E-state index in [1.54, 1.807) is 13.2 Å². The minimum absolute atomic E-state index is 0. The number of carbonyl (C=O) groups is 1. The number of pyridine rings is 3. The van der Waals surface area contributed by atoms with Gasteiger partial charge in [0.2, 0.25) is 0 Å². The van der Waals surface area contributed by atoms with Gasteiger partial charge in [0, 0.05) is 193 Å². The average molecular weight is 1810 g/mol. The van der Waals surface area contributed by atoms with Gasteiger partial charge in [0.25, 0.3) is 5.91 Å². The van der Waals surface area contributed by atoms with Crippen molar-refractivity contribution in [3.63, 3.8) is 0 Å². The molecular weight excluding hydrogens is 1760 g/mol. The molecule has 3 aromatic heterocycles. The van der Waals surface area contributed by atoms with Crippen LogP contribution in [0.2, 0.25) is 0 Å². The number of fused-ring (bicyclic) bond motifs is 3. The fraction of sp³-hybridized carbons (Fsp3) is 0.472.